The number of hydrogen-bond donors (Lipinski definition) is 1. The van der Waals surface area contributed by atoms with Gasteiger partial charge in [-0.2, -0.15) is 0 Å². The number of fused-ring (bicyclic) bond motifs is 1. The number of aryl methyl sites for hydroxylation is 1. The molecule has 1 aromatic heterocycles. The Bertz CT molecular complexity index is 1140. The number of carbonyl (C=O) groups excluding carboxylic acids is 1. The first kappa shape index (κ1) is 24.5. The van der Waals surface area contributed by atoms with Crippen LogP contribution < -0.4 is 4.74 Å². The number of nitrogens with zero attached hydrogens (tertiary/aromatic N) is 2. The quantitative estimate of drug-likeness (QED) is 0.531. The lowest BCUT2D eigenvalue weighted by Crippen LogP contribution is -2.38. The van der Waals surface area contributed by atoms with Crippen molar-refractivity contribution in [1.29, 1.82) is 0 Å². The number of carboxylic acids is 1. The summed E-state index contributed by atoms with van der Waals surface area (Å²) in [6.07, 6.45) is 0.690. The normalized spacial score (nSPS) is 12.9. The number of aromatic nitrogens is 1. The van der Waals surface area contributed by atoms with Gasteiger partial charge < -0.3 is 14.7 Å². The number of rotatable bonds is 5. The van der Waals surface area contributed by atoms with Crippen molar-refractivity contribution in [3.63, 3.8) is 0 Å². The maximum Gasteiger partial charge on any atom is 0.347 e. The van der Waals surface area contributed by atoms with Gasteiger partial charge in [-0.15, -0.1) is 11.3 Å². The van der Waals surface area contributed by atoms with Crippen LogP contribution in [-0.4, -0.2) is 39.0 Å². The Morgan fingerprint density at radius 1 is 1.09 bits per heavy atom. The summed E-state index contributed by atoms with van der Waals surface area (Å²) in [4.78, 5) is 31.7. The average molecular weight is 467 g/mol. The highest BCUT2D eigenvalue weighted by Crippen LogP contribution is 2.31. The molecular weight excluding hydrogens is 436 g/mol. The average Bonchev–Trinajstić information content (AvgIpc) is 3.21. The molecule has 6 nitrogen and oxygen atoms in total. The molecule has 0 spiro atoms. The second-order valence-electron chi connectivity index (χ2n) is 8.12. The van der Waals surface area contributed by atoms with Gasteiger partial charge in [-0.1, -0.05) is 50.2 Å². The summed E-state index contributed by atoms with van der Waals surface area (Å²) in [5, 5.41) is 10.1. The highest BCUT2D eigenvalue weighted by molar-refractivity contribution is 7.17. The number of amides is 1. The van der Waals surface area contributed by atoms with E-state index in [9.17, 15) is 14.7 Å². The van der Waals surface area contributed by atoms with E-state index >= 15 is 0 Å². The predicted octanol–water partition coefficient (Wildman–Crippen LogP) is 5.59. The maximum absolute atomic E-state index is 13.2. The van der Waals surface area contributed by atoms with Gasteiger partial charge in [0.2, 0.25) is 0 Å². The van der Waals surface area contributed by atoms with Crippen LogP contribution in [-0.2, 0) is 17.8 Å². The highest BCUT2D eigenvalue weighted by Gasteiger charge is 2.30. The third-order valence-electron chi connectivity index (χ3n) is 5.38. The molecule has 0 atom stereocenters. The van der Waals surface area contributed by atoms with Crippen molar-refractivity contribution in [1.82, 2.24) is 9.88 Å². The summed E-state index contributed by atoms with van der Waals surface area (Å²) in [6.45, 7) is 10.0. The summed E-state index contributed by atoms with van der Waals surface area (Å²) in [7, 11) is 0. The minimum Gasteiger partial charge on any atom is -0.478 e. The van der Waals surface area contributed by atoms with Crippen LogP contribution in [0.4, 0.5) is 0 Å². The molecule has 1 amide bonds. The first-order chi connectivity index (χ1) is 15.7. The molecule has 1 aliphatic rings. The molecule has 7 heteroatoms. The molecular formula is C26H30N2O4S. The van der Waals surface area contributed by atoms with Gasteiger partial charge in [0.25, 0.3) is 5.91 Å². The number of ether oxygens (including phenoxy) is 1. The van der Waals surface area contributed by atoms with Gasteiger partial charge in [0.1, 0.15) is 15.6 Å². The number of carboxylic acid groups (broad SMARTS) is 1. The Kier molecular flexibility index (Phi) is 7.53. The minimum absolute atomic E-state index is 0.00447. The van der Waals surface area contributed by atoms with Crippen LogP contribution in [0.1, 0.15) is 54.2 Å². The molecule has 2 aromatic carbocycles. The number of hydrogen-bond acceptors (Lipinski definition) is 5. The van der Waals surface area contributed by atoms with Crippen LogP contribution in [0.25, 0.3) is 10.6 Å². The summed E-state index contributed by atoms with van der Waals surface area (Å²) < 4.78 is 5.65. The second-order valence-corrected chi connectivity index (χ2v) is 9.12. The topological polar surface area (TPSA) is 79.7 Å². The van der Waals surface area contributed by atoms with E-state index < -0.39 is 11.6 Å². The summed E-state index contributed by atoms with van der Waals surface area (Å²) in [5.74, 6) is -0.497. The molecule has 1 aliphatic heterocycles. The fourth-order valence-corrected chi connectivity index (χ4v) is 4.59. The Balaban J connectivity index is 0.00000149. The van der Waals surface area contributed by atoms with E-state index in [0.29, 0.717) is 30.1 Å². The lowest BCUT2D eigenvalue weighted by atomic mass is 9.99. The van der Waals surface area contributed by atoms with E-state index in [0.717, 1.165) is 27.4 Å². The molecule has 0 unspecified atom stereocenters. The van der Waals surface area contributed by atoms with Gasteiger partial charge in [0, 0.05) is 18.7 Å². The standard InChI is InChI=1S/C24H24N2O4S.C2H6/c1-15-20(31-21(25-15)16-7-5-4-6-8-16)22(27)26-12-11-17-13-19(10-9-18(17)14-26)30-24(2,3)23(28)29;1-2/h4-10,13H,11-12,14H2,1-3H3,(H,28,29);1-2H3. The van der Waals surface area contributed by atoms with Gasteiger partial charge in [0.05, 0.1) is 5.69 Å². The van der Waals surface area contributed by atoms with Crippen LogP contribution >= 0.6 is 11.3 Å². The Morgan fingerprint density at radius 3 is 2.45 bits per heavy atom. The molecule has 0 saturated carbocycles. The molecule has 4 rings (SSSR count). The molecule has 174 valence electrons. The zero-order valence-electron chi connectivity index (χ0n) is 19.7. The molecule has 2 heterocycles. The van der Waals surface area contributed by atoms with Crippen LogP contribution in [0.2, 0.25) is 0 Å². The van der Waals surface area contributed by atoms with E-state index in [4.69, 9.17) is 4.74 Å². The number of aliphatic carboxylic acids is 1. The smallest absolute Gasteiger partial charge is 0.347 e. The third-order valence-corrected chi connectivity index (χ3v) is 6.57. The van der Waals surface area contributed by atoms with Crippen LogP contribution in [0.3, 0.4) is 0 Å². The van der Waals surface area contributed by atoms with Crippen molar-refractivity contribution < 1.29 is 19.4 Å². The molecule has 0 fully saturated rings. The summed E-state index contributed by atoms with van der Waals surface area (Å²) in [5.41, 5.74) is 2.58. The molecule has 33 heavy (non-hydrogen) atoms. The van der Waals surface area contributed by atoms with E-state index in [2.05, 4.69) is 4.98 Å². The van der Waals surface area contributed by atoms with Crippen molar-refractivity contribution >= 4 is 23.2 Å². The molecule has 0 saturated heterocycles. The van der Waals surface area contributed by atoms with Crippen molar-refractivity contribution in [2.45, 2.75) is 53.2 Å². The molecule has 0 radical (unpaired) electrons. The van der Waals surface area contributed by atoms with Crippen molar-refractivity contribution in [3.8, 4) is 16.3 Å². The number of carbonyl (C=O) groups is 2. The third kappa shape index (κ3) is 5.42. The number of thiazole rings is 1. The molecule has 1 N–H and O–H groups in total. The van der Waals surface area contributed by atoms with Crippen molar-refractivity contribution in [2.24, 2.45) is 0 Å². The van der Waals surface area contributed by atoms with Gasteiger partial charge in [-0.3, -0.25) is 4.79 Å². The lowest BCUT2D eigenvalue weighted by molar-refractivity contribution is -0.152. The Morgan fingerprint density at radius 2 is 1.79 bits per heavy atom. The first-order valence-corrected chi connectivity index (χ1v) is 11.9. The largest absolute Gasteiger partial charge is 0.478 e. The van der Waals surface area contributed by atoms with Crippen LogP contribution in [0, 0.1) is 6.92 Å². The summed E-state index contributed by atoms with van der Waals surface area (Å²) in [6, 6.07) is 15.4. The van der Waals surface area contributed by atoms with E-state index in [1.165, 1.54) is 25.2 Å². The molecule has 0 bridgehead atoms. The fourth-order valence-electron chi connectivity index (χ4n) is 3.55. The van der Waals surface area contributed by atoms with Crippen molar-refractivity contribution in [2.75, 3.05) is 6.54 Å². The zero-order chi connectivity index (χ0) is 24.2. The fraction of sp³-hybridized carbons (Fsp3) is 0.346. The van der Waals surface area contributed by atoms with Gasteiger partial charge in [-0.05, 0) is 50.5 Å². The van der Waals surface area contributed by atoms with E-state index in [1.807, 2.05) is 68.1 Å². The van der Waals surface area contributed by atoms with E-state index in [1.54, 1.807) is 6.07 Å². The predicted molar refractivity (Wildman–Crippen MR) is 131 cm³/mol. The summed E-state index contributed by atoms with van der Waals surface area (Å²) >= 11 is 1.43. The molecule has 0 aliphatic carbocycles. The molecule has 3 aromatic rings. The van der Waals surface area contributed by atoms with E-state index in [-0.39, 0.29) is 5.91 Å². The first-order valence-electron chi connectivity index (χ1n) is 11.1. The number of benzene rings is 2. The van der Waals surface area contributed by atoms with Gasteiger partial charge >= 0.3 is 5.97 Å². The highest BCUT2D eigenvalue weighted by atomic mass is 32.1. The van der Waals surface area contributed by atoms with Crippen molar-refractivity contribution in [3.05, 3.63) is 70.2 Å². The minimum atomic E-state index is -1.30. The second kappa shape index (κ2) is 10.2. The van der Waals surface area contributed by atoms with Crippen LogP contribution in [0.5, 0.6) is 5.75 Å². The SMILES string of the molecule is CC.Cc1nc(-c2ccccc2)sc1C(=O)N1CCc2cc(OC(C)(C)C(=O)O)ccc2C1. The monoisotopic (exact) mass is 466 g/mol. The van der Waals surface area contributed by atoms with Crippen LogP contribution in [0.15, 0.2) is 48.5 Å². The Labute approximate surface area is 198 Å². The Hall–Kier alpha value is -3.19. The van der Waals surface area contributed by atoms with Gasteiger partial charge in [-0.25, -0.2) is 9.78 Å². The maximum atomic E-state index is 13.2. The zero-order valence-corrected chi connectivity index (χ0v) is 20.5. The lowest BCUT2D eigenvalue weighted by Gasteiger charge is -2.29. The van der Waals surface area contributed by atoms with Gasteiger partial charge in [0.15, 0.2) is 5.60 Å².